The van der Waals surface area contributed by atoms with Crippen LogP contribution in [0.2, 0.25) is 0 Å². The Balaban J connectivity index is 2.37. The van der Waals surface area contributed by atoms with Crippen LogP contribution in [-0.4, -0.2) is 49.7 Å². The van der Waals surface area contributed by atoms with Crippen molar-refractivity contribution < 1.29 is 24.9 Å². The fraction of sp³-hybridized carbons (Fsp3) is 0.417. The molecule has 0 aliphatic carbocycles. The first-order valence-corrected chi connectivity index (χ1v) is 6.13. The fourth-order valence-electron chi connectivity index (χ4n) is 2.04. The van der Waals surface area contributed by atoms with Crippen LogP contribution in [0, 0.1) is 0 Å². The van der Waals surface area contributed by atoms with Crippen molar-refractivity contribution in [1.82, 2.24) is 9.55 Å². The van der Waals surface area contributed by atoms with E-state index in [4.69, 9.17) is 14.9 Å². The second-order valence-corrected chi connectivity index (χ2v) is 4.54. The van der Waals surface area contributed by atoms with Gasteiger partial charge in [0, 0.05) is 18.7 Å². The maximum Gasteiger partial charge on any atom is 0.330 e. The Kier molecular flexibility index (Phi) is 4.36. The van der Waals surface area contributed by atoms with E-state index >= 15 is 0 Å². The van der Waals surface area contributed by atoms with Gasteiger partial charge in [-0.1, -0.05) is 0 Å². The van der Waals surface area contributed by atoms with E-state index in [9.17, 15) is 19.5 Å². The molecule has 2 heterocycles. The van der Waals surface area contributed by atoms with Crippen molar-refractivity contribution >= 4 is 12.0 Å². The molecule has 1 unspecified atom stereocenters. The van der Waals surface area contributed by atoms with Crippen LogP contribution in [-0.2, 0) is 9.53 Å². The Morgan fingerprint density at radius 3 is 2.81 bits per heavy atom. The molecular weight excluding hydrogens is 284 g/mol. The number of hydrogen-bond acceptors (Lipinski definition) is 6. The lowest BCUT2D eigenvalue weighted by molar-refractivity contribution is -0.131. The molecule has 1 aromatic heterocycles. The maximum absolute atomic E-state index is 11.8. The van der Waals surface area contributed by atoms with Gasteiger partial charge in [-0.05, 0) is 6.08 Å². The SMILES string of the molecule is O=C(O)/C=C/c1cn([C@H]2CC(O)[C@@H](CO)O2)c(=O)[nH]c1=O. The van der Waals surface area contributed by atoms with E-state index in [0.29, 0.717) is 0 Å². The van der Waals surface area contributed by atoms with Gasteiger partial charge in [-0.15, -0.1) is 0 Å². The fourth-order valence-corrected chi connectivity index (χ4v) is 2.04. The van der Waals surface area contributed by atoms with Gasteiger partial charge in [0.05, 0.1) is 18.3 Å². The summed E-state index contributed by atoms with van der Waals surface area (Å²) in [5, 5.41) is 27.2. The van der Waals surface area contributed by atoms with Gasteiger partial charge in [0.25, 0.3) is 5.56 Å². The summed E-state index contributed by atoms with van der Waals surface area (Å²) < 4.78 is 6.35. The number of aliphatic hydroxyl groups excluding tert-OH is 2. The largest absolute Gasteiger partial charge is 0.478 e. The molecule has 9 nitrogen and oxygen atoms in total. The highest BCUT2D eigenvalue weighted by Crippen LogP contribution is 2.27. The van der Waals surface area contributed by atoms with E-state index in [0.717, 1.165) is 22.9 Å². The van der Waals surface area contributed by atoms with Crippen LogP contribution >= 0.6 is 0 Å². The topological polar surface area (TPSA) is 142 Å². The zero-order valence-corrected chi connectivity index (χ0v) is 10.8. The predicted molar refractivity (Wildman–Crippen MR) is 69.6 cm³/mol. The van der Waals surface area contributed by atoms with Crippen molar-refractivity contribution in [3.05, 3.63) is 38.7 Å². The third-order valence-electron chi connectivity index (χ3n) is 3.10. The number of aliphatic carboxylic acids is 1. The molecule has 2 rings (SSSR count). The van der Waals surface area contributed by atoms with E-state index in [2.05, 4.69) is 0 Å². The molecule has 1 aromatic rings. The van der Waals surface area contributed by atoms with E-state index < -0.39 is 42.3 Å². The number of nitrogens with zero attached hydrogens (tertiary/aromatic N) is 1. The van der Waals surface area contributed by atoms with Crippen molar-refractivity contribution in [3.8, 4) is 0 Å². The summed E-state index contributed by atoms with van der Waals surface area (Å²) >= 11 is 0. The van der Waals surface area contributed by atoms with Gasteiger partial charge >= 0.3 is 11.7 Å². The average Bonchev–Trinajstić information content (AvgIpc) is 2.78. The molecule has 0 amide bonds. The second kappa shape index (κ2) is 6.04. The molecule has 1 saturated heterocycles. The summed E-state index contributed by atoms with van der Waals surface area (Å²) in [6.07, 6.45) is 0.436. The van der Waals surface area contributed by atoms with E-state index in [1.807, 2.05) is 4.98 Å². The Labute approximate surface area is 117 Å². The minimum atomic E-state index is -1.24. The minimum absolute atomic E-state index is 0.0393. The molecule has 0 spiro atoms. The molecule has 21 heavy (non-hydrogen) atoms. The first kappa shape index (κ1) is 15.2. The molecule has 1 aliphatic heterocycles. The van der Waals surface area contributed by atoms with Gasteiger partial charge in [-0.3, -0.25) is 14.3 Å². The number of aromatic nitrogens is 2. The lowest BCUT2D eigenvalue weighted by Crippen LogP contribution is -2.33. The normalized spacial score (nSPS) is 25.5. The molecule has 0 aromatic carbocycles. The van der Waals surface area contributed by atoms with Crippen LogP contribution in [0.1, 0.15) is 18.2 Å². The number of aromatic amines is 1. The number of carbonyl (C=O) groups is 1. The number of rotatable bonds is 4. The highest BCUT2D eigenvalue weighted by atomic mass is 16.5. The predicted octanol–water partition coefficient (Wildman–Crippen LogP) is -1.72. The standard InChI is InChI=1S/C12H14N2O7/c15-5-8-7(16)3-9(21-8)14-4-6(1-2-10(17)18)11(19)13-12(14)20/h1-2,4,7-9,15-16H,3,5H2,(H,17,18)(H,13,19,20)/b2-1+/t7?,8-,9-/m1/s1. The van der Waals surface area contributed by atoms with E-state index in [-0.39, 0.29) is 12.0 Å². The van der Waals surface area contributed by atoms with Gasteiger partial charge in [-0.2, -0.15) is 0 Å². The van der Waals surface area contributed by atoms with Gasteiger partial charge in [0.2, 0.25) is 0 Å². The van der Waals surface area contributed by atoms with Crippen molar-refractivity contribution in [2.75, 3.05) is 6.61 Å². The molecule has 1 fully saturated rings. The van der Waals surface area contributed by atoms with Gasteiger partial charge in [-0.25, -0.2) is 9.59 Å². The van der Waals surface area contributed by atoms with Gasteiger partial charge < -0.3 is 20.1 Å². The quantitative estimate of drug-likeness (QED) is 0.484. The van der Waals surface area contributed by atoms with Gasteiger partial charge in [0.15, 0.2) is 0 Å². The molecule has 4 N–H and O–H groups in total. The van der Waals surface area contributed by atoms with Crippen LogP contribution in [0.4, 0.5) is 0 Å². The maximum atomic E-state index is 11.8. The van der Waals surface area contributed by atoms with Crippen molar-refractivity contribution in [2.45, 2.75) is 24.9 Å². The lowest BCUT2D eigenvalue weighted by Gasteiger charge is -2.14. The number of carboxylic acids is 1. The highest BCUT2D eigenvalue weighted by Gasteiger charge is 2.35. The van der Waals surface area contributed by atoms with Crippen molar-refractivity contribution in [3.63, 3.8) is 0 Å². The number of hydrogen-bond donors (Lipinski definition) is 4. The molecule has 9 heteroatoms. The molecule has 114 valence electrons. The highest BCUT2D eigenvalue weighted by molar-refractivity contribution is 5.85. The van der Waals surface area contributed by atoms with Crippen molar-refractivity contribution in [1.29, 1.82) is 0 Å². The third kappa shape index (κ3) is 3.27. The van der Waals surface area contributed by atoms with E-state index in [1.54, 1.807) is 0 Å². The van der Waals surface area contributed by atoms with Crippen molar-refractivity contribution in [2.24, 2.45) is 0 Å². The third-order valence-corrected chi connectivity index (χ3v) is 3.10. The second-order valence-electron chi connectivity index (χ2n) is 4.54. The number of nitrogens with one attached hydrogen (secondary N) is 1. The molecule has 3 atom stereocenters. The van der Waals surface area contributed by atoms with Gasteiger partial charge in [0.1, 0.15) is 12.3 Å². The summed E-state index contributed by atoms with van der Waals surface area (Å²) in [6.45, 7) is -0.401. The average molecular weight is 298 g/mol. The van der Waals surface area contributed by atoms with Crippen LogP contribution < -0.4 is 11.2 Å². The first-order chi connectivity index (χ1) is 9.92. The molecule has 0 saturated carbocycles. The van der Waals surface area contributed by atoms with E-state index in [1.165, 1.54) is 0 Å². The summed E-state index contributed by atoms with van der Waals surface area (Å²) in [4.78, 5) is 35.8. The molecule has 0 bridgehead atoms. The van der Waals surface area contributed by atoms with Crippen LogP contribution in [0.15, 0.2) is 21.9 Å². The summed E-state index contributed by atoms with van der Waals surface area (Å²) in [6, 6.07) is 0. The Hall–Kier alpha value is -2.23. The first-order valence-electron chi connectivity index (χ1n) is 6.13. The molecule has 0 radical (unpaired) electrons. The molecular formula is C12H14N2O7. The lowest BCUT2D eigenvalue weighted by atomic mass is 10.2. The molecule has 1 aliphatic rings. The number of aliphatic hydroxyl groups is 2. The summed E-state index contributed by atoms with van der Waals surface area (Å²) in [5.74, 6) is -1.24. The van der Waals surface area contributed by atoms with Crippen LogP contribution in [0.3, 0.4) is 0 Å². The Morgan fingerprint density at radius 1 is 1.52 bits per heavy atom. The Bertz CT molecular complexity index is 675. The van der Waals surface area contributed by atoms with Crippen LogP contribution in [0.5, 0.6) is 0 Å². The van der Waals surface area contributed by atoms with Crippen LogP contribution in [0.25, 0.3) is 6.08 Å². The number of ether oxygens (including phenoxy) is 1. The summed E-state index contributed by atoms with van der Waals surface area (Å²) in [5.41, 5.74) is -1.52. The number of carboxylic acid groups (broad SMARTS) is 1. The minimum Gasteiger partial charge on any atom is -0.478 e. The zero-order valence-electron chi connectivity index (χ0n) is 10.8. The smallest absolute Gasteiger partial charge is 0.330 e. The Morgan fingerprint density at radius 2 is 2.24 bits per heavy atom. The zero-order chi connectivity index (χ0) is 15.6. The number of H-pyrrole nitrogens is 1. The summed E-state index contributed by atoms with van der Waals surface area (Å²) in [7, 11) is 0. The monoisotopic (exact) mass is 298 g/mol.